The summed E-state index contributed by atoms with van der Waals surface area (Å²) in [6.45, 7) is 0. The van der Waals surface area contributed by atoms with Crippen molar-refractivity contribution in [2.24, 2.45) is 0 Å². The third-order valence-corrected chi connectivity index (χ3v) is 6.01. The van der Waals surface area contributed by atoms with Gasteiger partial charge in [0, 0.05) is 17.8 Å². The predicted molar refractivity (Wildman–Crippen MR) is 131 cm³/mol. The zero-order valence-corrected chi connectivity index (χ0v) is 20.5. The molecule has 38 heavy (non-hydrogen) atoms. The minimum atomic E-state index is -4.99. The van der Waals surface area contributed by atoms with Crippen molar-refractivity contribution in [3.8, 4) is 23.0 Å². The molecule has 3 aromatic rings. The molecule has 0 saturated carbocycles. The van der Waals surface area contributed by atoms with Crippen LogP contribution in [0.1, 0.15) is 17.2 Å². The van der Waals surface area contributed by atoms with E-state index in [1.165, 1.54) is 62.8 Å². The molecule has 4 rings (SSSR count). The first kappa shape index (κ1) is 26.7. The van der Waals surface area contributed by atoms with E-state index < -0.39 is 35.6 Å². The van der Waals surface area contributed by atoms with Gasteiger partial charge in [-0.15, -0.1) is 13.2 Å². The highest BCUT2D eigenvalue weighted by Crippen LogP contribution is 2.45. The van der Waals surface area contributed by atoms with Gasteiger partial charge in [-0.05, 0) is 35.9 Å². The molecule has 1 saturated heterocycles. The molecule has 1 fully saturated rings. The number of carbonyl (C=O) groups excluding carboxylic acids is 2. The summed E-state index contributed by atoms with van der Waals surface area (Å²) in [6.07, 6.45) is -4.99. The lowest BCUT2D eigenvalue weighted by Crippen LogP contribution is -2.29. The molecule has 1 aliphatic rings. The Labute approximate surface area is 219 Å². The minimum Gasteiger partial charge on any atom is -0.508 e. The number of nitrogens with zero attached hydrogens (tertiary/aromatic N) is 1. The van der Waals surface area contributed by atoms with E-state index in [0.29, 0.717) is 0 Å². The summed E-state index contributed by atoms with van der Waals surface area (Å²) in [5.74, 6) is -3.40. The fraction of sp³-hybridized carbons (Fsp3) is 0.154. The van der Waals surface area contributed by atoms with E-state index >= 15 is 0 Å². The van der Waals surface area contributed by atoms with Gasteiger partial charge in [0.05, 0.1) is 36.4 Å². The number of rotatable bonds is 6. The number of aliphatic hydroxyl groups excluding tert-OH is 1. The Hall–Kier alpha value is -4.38. The van der Waals surface area contributed by atoms with Crippen molar-refractivity contribution in [2.45, 2.75) is 12.4 Å². The number of benzene rings is 3. The van der Waals surface area contributed by atoms with Crippen molar-refractivity contribution in [1.29, 1.82) is 0 Å². The minimum absolute atomic E-state index is 0.0234. The van der Waals surface area contributed by atoms with Crippen LogP contribution in [0.15, 0.2) is 66.2 Å². The van der Waals surface area contributed by atoms with Crippen LogP contribution < -0.4 is 19.1 Å². The third kappa shape index (κ3) is 5.05. The summed E-state index contributed by atoms with van der Waals surface area (Å²) in [5.41, 5.74) is -0.243. The van der Waals surface area contributed by atoms with Crippen LogP contribution in [0.4, 0.5) is 18.9 Å². The van der Waals surface area contributed by atoms with E-state index in [1.54, 1.807) is 0 Å². The Bertz CT molecular complexity index is 1440. The number of hydrogen-bond donors (Lipinski definition) is 2. The molecular formula is C26H19ClF3NO7. The molecule has 198 valence electrons. The van der Waals surface area contributed by atoms with Crippen molar-refractivity contribution in [3.05, 3.63) is 82.4 Å². The number of aliphatic hydroxyl groups is 1. The van der Waals surface area contributed by atoms with Crippen LogP contribution in [-0.2, 0) is 9.59 Å². The number of ketones is 1. The van der Waals surface area contributed by atoms with Crippen LogP contribution in [0.2, 0.25) is 5.02 Å². The number of carbonyl (C=O) groups is 2. The van der Waals surface area contributed by atoms with Crippen LogP contribution in [-0.4, -0.2) is 42.5 Å². The zero-order chi connectivity index (χ0) is 27.8. The molecule has 0 bridgehead atoms. The molecule has 2 N–H and O–H groups in total. The molecule has 0 aromatic heterocycles. The second kappa shape index (κ2) is 10.2. The number of phenolic OH excluding ortho intramolecular Hbond substituents is 1. The lowest BCUT2D eigenvalue weighted by molar-refractivity contribution is -0.274. The van der Waals surface area contributed by atoms with Crippen molar-refractivity contribution in [1.82, 2.24) is 0 Å². The monoisotopic (exact) mass is 549 g/mol. The van der Waals surface area contributed by atoms with E-state index in [4.69, 9.17) is 21.1 Å². The Morgan fingerprint density at radius 2 is 1.63 bits per heavy atom. The summed E-state index contributed by atoms with van der Waals surface area (Å²) in [6, 6.07) is 11.3. The standard InChI is InChI=1S/C26H19ClF3NO7/c1-36-19-12-18(27)20(37-2)11-17(19)23(33)21-22(13-6-8-15(32)9-7-13)31(25(35)24(21)34)14-4-3-5-16(10-14)38-26(28,29)30/h3-12,22,32-33H,1-2H3/b23-21+. The SMILES string of the molecule is COc1cc(/C(O)=C2\C(=O)C(=O)N(c3cccc(OC(F)(F)F)c3)C2c2ccc(O)cc2)c(OC)cc1Cl. The Morgan fingerprint density at radius 1 is 0.974 bits per heavy atom. The molecular weight excluding hydrogens is 531 g/mol. The van der Waals surface area contributed by atoms with Gasteiger partial charge in [0.2, 0.25) is 0 Å². The highest BCUT2D eigenvalue weighted by Gasteiger charge is 2.47. The van der Waals surface area contributed by atoms with Gasteiger partial charge in [0.1, 0.15) is 28.8 Å². The molecule has 0 radical (unpaired) electrons. The Morgan fingerprint density at radius 3 is 2.24 bits per heavy atom. The predicted octanol–water partition coefficient (Wildman–Crippen LogP) is 5.59. The number of halogens is 4. The number of anilines is 1. The van der Waals surface area contributed by atoms with Crippen molar-refractivity contribution in [2.75, 3.05) is 19.1 Å². The number of hydrogen-bond acceptors (Lipinski definition) is 7. The quantitative estimate of drug-likeness (QED) is 0.235. The average Bonchev–Trinajstić information content (AvgIpc) is 3.13. The summed E-state index contributed by atoms with van der Waals surface area (Å²) in [7, 11) is 2.64. The van der Waals surface area contributed by atoms with Crippen molar-refractivity contribution in [3.63, 3.8) is 0 Å². The van der Waals surface area contributed by atoms with E-state index in [-0.39, 0.29) is 44.7 Å². The maximum Gasteiger partial charge on any atom is 0.573 e. The number of phenols is 1. The summed E-state index contributed by atoms with van der Waals surface area (Å²) in [4.78, 5) is 27.5. The second-order valence-electron chi connectivity index (χ2n) is 7.99. The topological polar surface area (TPSA) is 106 Å². The summed E-state index contributed by atoms with van der Waals surface area (Å²) < 4.78 is 53.0. The molecule has 1 atom stereocenters. The number of alkyl halides is 3. The van der Waals surface area contributed by atoms with Crippen LogP contribution in [0.3, 0.4) is 0 Å². The van der Waals surface area contributed by atoms with Gasteiger partial charge in [-0.2, -0.15) is 0 Å². The van der Waals surface area contributed by atoms with Gasteiger partial charge in [-0.1, -0.05) is 29.8 Å². The largest absolute Gasteiger partial charge is 0.573 e. The number of amides is 1. The zero-order valence-electron chi connectivity index (χ0n) is 19.7. The molecule has 0 spiro atoms. The van der Waals surface area contributed by atoms with E-state index in [2.05, 4.69) is 4.74 Å². The fourth-order valence-electron chi connectivity index (χ4n) is 4.09. The smallest absolute Gasteiger partial charge is 0.508 e. The first-order valence-electron chi connectivity index (χ1n) is 10.8. The number of Topliss-reactive ketones (excluding diaryl/α,β-unsaturated/α-hetero) is 1. The van der Waals surface area contributed by atoms with Crippen LogP contribution in [0.5, 0.6) is 23.0 Å². The van der Waals surface area contributed by atoms with Crippen LogP contribution in [0.25, 0.3) is 5.76 Å². The van der Waals surface area contributed by atoms with Gasteiger partial charge in [0.15, 0.2) is 0 Å². The first-order valence-corrected chi connectivity index (χ1v) is 11.2. The molecule has 12 heteroatoms. The van der Waals surface area contributed by atoms with Gasteiger partial charge >= 0.3 is 6.36 Å². The number of aromatic hydroxyl groups is 1. The Kier molecular flexibility index (Phi) is 7.14. The van der Waals surface area contributed by atoms with Crippen LogP contribution in [0, 0.1) is 0 Å². The van der Waals surface area contributed by atoms with Gasteiger partial charge in [0.25, 0.3) is 11.7 Å². The van der Waals surface area contributed by atoms with Gasteiger partial charge in [-0.3, -0.25) is 14.5 Å². The molecule has 8 nitrogen and oxygen atoms in total. The van der Waals surface area contributed by atoms with Crippen LogP contribution >= 0.6 is 11.6 Å². The highest BCUT2D eigenvalue weighted by molar-refractivity contribution is 6.51. The number of methoxy groups -OCH3 is 2. The molecule has 0 aliphatic carbocycles. The second-order valence-corrected chi connectivity index (χ2v) is 8.40. The lowest BCUT2D eigenvalue weighted by Gasteiger charge is -2.26. The molecule has 1 heterocycles. The van der Waals surface area contributed by atoms with Gasteiger partial charge < -0.3 is 24.4 Å². The van der Waals surface area contributed by atoms with Gasteiger partial charge in [-0.25, -0.2) is 0 Å². The lowest BCUT2D eigenvalue weighted by atomic mass is 9.94. The van der Waals surface area contributed by atoms with Crippen molar-refractivity contribution >= 4 is 34.7 Å². The molecule has 1 aliphatic heterocycles. The normalized spacial score (nSPS) is 17.0. The molecule has 1 amide bonds. The molecule has 1 unspecified atom stereocenters. The highest BCUT2D eigenvalue weighted by atomic mass is 35.5. The van der Waals surface area contributed by atoms with E-state index in [1.807, 2.05) is 0 Å². The summed E-state index contributed by atoms with van der Waals surface area (Å²) >= 11 is 6.15. The fourth-order valence-corrected chi connectivity index (χ4v) is 4.32. The van der Waals surface area contributed by atoms with E-state index in [0.717, 1.165) is 17.0 Å². The summed E-state index contributed by atoms with van der Waals surface area (Å²) in [5, 5.41) is 21.3. The maximum absolute atomic E-state index is 13.3. The number of ether oxygens (including phenoxy) is 3. The average molecular weight is 550 g/mol. The molecule has 3 aromatic carbocycles. The van der Waals surface area contributed by atoms with E-state index in [9.17, 15) is 33.0 Å². The van der Waals surface area contributed by atoms with Crippen molar-refractivity contribution < 1.29 is 47.2 Å². The maximum atomic E-state index is 13.3. The third-order valence-electron chi connectivity index (χ3n) is 5.71. The Balaban J connectivity index is 1.96. The first-order chi connectivity index (χ1) is 17.9.